The van der Waals surface area contributed by atoms with Crippen LogP contribution in [0.25, 0.3) is 0 Å². The molecule has 0 aliphatic rings. The first-order valence-corrected chi connectivity index (χ1v) is 5.69. The Morgan fingerprint density at radius 3 is 2.27 bits per heavy atom. The highest BCUT2D eigenvalue weighted by Gasteiger charge is 2.51. The molecule has 0 amide bonds. The second-order valence-electron chi connectivity index (χ2n) is 4.02. The van der Waals surface area contributed by atoms with E-state index in [0.717, 1.165) is 0 Å². The third kappa shape index (κ3) is 4.04. The van der Waals surface area contributed by atoms with E-state index in [-0.39, 0.29) is 12.4 Å². The minimum Gasteiger partial charge on any atom is -0.462 e. The fourth-order valence-electron chi connectivity index (χ4n) is 1.64. The van der Waals surface area contributed by atoms with Crippen molar-refractivity contribution in [3.63, 3.8) is 0 Å². The molecule has 0 aromatic heterocycles. The van der Waals surface area contributed by atoms with Gasteiger partial charge in [0.15, 0.2) is 0 Å². The highest BCUT2D eigenvalue weighted by Crippen LogP contribution is 2.40. The van der Waals surface area contributed by atoms with Crippen LogP contribution in [0.2, 0.25) is 0 Å². The van der Waals surface area contributed by atoms with Crippen LogP contribution in [-0.4, -0.2) is 18.5 Å². The van der Waals surface area contributed by atoms with Gasteiger partial charge in [0.25, 0.3) is 0 Å². The Morgan fingerprint density at radius 1 is 1.27 bits per heavy atom. The van der Waals surface area contributed by atoms with E-state index in [4.69, 9.17) is 5.73 Å². The number of benzene rings is 1. The second-order valence-corrected chi connectivity index (χ2v) is 4.02. The molecule has 0 bridgehead atoms. The summed E-state index contributed by atoms with van der Waals surface area (Å²) in [7, 11) is 0. The standard InChI is InChI=1S/C12H11F6NO2.ClH/c1-2-21-10(20)11(14,15)9(19)8-6(12(16,17)18)4-3-5-7(8)13;/h3-5,9H,2,19H2,1H3;1H/t9-;/m1./s1. The molecule has 3 nitrogen and oxygen atoms in total. The molecule has 0 saturated carbocycles. The molecular weight excluding hydrogens is 340 g/mol. The number of carbonyl (C=O) groups excluding carboxylic acids is 1. The Labute approximate surface area is 127 Å². The predicted octanol–water partition coefficient (Wildman–Crippen LogP) is 3.46. The van der Waals surface area contributed by atoms with Crippen molar-refractivity contribution in [1.29, 1.82) is 0 Å². The van der Waals surface area contributed by atoms with E-state index in [1.54, 1.807) is 0 Å². The van der Waals surface area contributed by atoms with Crippen LogP contribution in [0.5, 0.6) is 0 Å². The van der Waals surface area contributed by atoms with Crippen molar-refractivity contribution in [3.05, 3.63) is 35.1 Å². The summed E-state index contributed by atoms with van der Waals surface area (Å²) in [6, 6.07) is -1.17. The van der Waals surface area contributed by atoms with E-state index in [1.807, 2.05) is 0 Å². The molecule has 0 aliphatic heterocycles. The van der Waals surface area contributed by atoms with Crippen LogP contribution in [0, 0.1) is 5.82 Å². The molecule has 0 spiro atoms. The summed E-state index contributed by atoms with van der Waals surface area (Å²) in [5, 5.41) is 0. The van der Waals surface area contributed by atoms with E-state index in [2.05, 4.69) is 4.74 Å². The van der Waals surface area contributed by atoms with Crippen molar-refractivity contribution in [2.24, 2.45) is 5.73 Å². The quantitative estimate of drug-likeness (QED) is 0.667. The van der Waals surface area contributed by atoms with Crippen LogP contribution in [0.1, 0.15) is 24.1 Å². The Morgan fingerprint density at radius 2 is 1.82 bits per heavy atom. The van der Waals surface area contributed by atoms with Crippen LogP contribution in [-0.2, 0) is 15.7 Å². The zero-order chi connectivity index (χ0) is 16.4. The molecule has 1 aromatic carbocycles. The maximum atomic E-state index is 13.7. The summed E-state index contributed by atoms with van der Waals surface area (Å²) in [5.74, 6) is -8.20. The summed E-state index contributed by atoms with van der Waals surface area (Å²) in [6.45, 7) is 0.800. The van der Waals surface area contributed by atoms with E-state index in [9.17, 15) is 31.1 Å². The molecule has 0 heterocycles. The smallest absolute Gasteiger partial charge is 0.416 e. The third-order valence-electron chi connectivity index (χ3n) is 2.61. The monoisotopic (exact) mass is 351 g/mol. The number of rotatable bonds is 4. The lowest BCUT2D eigenvalue weighted by molar-refractivity contribution is -0.175. The third-order valence-corrected chi connectivity index (χ3v) is 2.61. The van der Waals surface area contributed by atoms with E-state index in [1.165, 1.54) is 6.92 Å². The Hall–Kier alpha value is -1.48. The topological polar surface area (TPSA) is 52.3 Å². The molecule has 0 fully saturated rings. The van der Waals surface area contributed by atoms with Gasteiger partial charge in [0.05, 0.1) is 12.2 Å². The lowest BCUT2D eigenvalue weighted by atomic mass is 9.95. The van der Waals surface area contributed by atoms with Gasteiger partial charge < -0.3 is 10.5 Å². The van der Waals surface area contributed by atoms with Gasteiger partial charge in [-0.3, -0.25) is 0 Å². The van der Waals surface area contributed by atoms with E-state index >= 15 is 0 Å². The molecule has 2 N–H and O–H groups in total. The van der Waals surface area contributed by atoms with Crippen molar-refractivity contribution < 1.29 is 35.9 Å². The molecule has 0 aliphatic carbocycles. The Balaban J connectivity index is 0.00000441. The van der Waals surface area contributed by atoms with Crippen LogP contribution in [0.15, 0.2) is 18.2 Å². The lowest BCUT2D eigenvalue weighted by Crippen LogP contribution is -2.43. The molecule has 1 aromatic rings. The maximum Gasteiger partial charge on any atom is 0.416 e. The van der Waals surface area contributed by atoms with Crippen molar-refractivity contribution in [3.8, 4) is 0 Å². The molecule has 1 rings (SSSR count). The summed E-state index contributed by atoms with van der Waals surface area (Å²) in [5.41, 5.74) is 1.86. The molecule has 10 heteroatoms. The Kier molecular flexibility index (Phi) is 6.70. The van der Waals surface area contributed by atoms with E-state index in [0.29, 0.717) is 18.2 Å². The maximum absolute atomic E-state index is 13.7. The highest BCUT2D eigenvalue weighted by atomic mass is 35.5. The predicted molar refractivity (Wildman–Crippen MR) is 67.2 cm³/mol. The SMILES string of the molecule is CCOC(=O)C(F)(F)[C@H](N)c1c(F)cccc1C(F)(F)F.Cl. The van der Waals surface area contributed by atoms with Gasteiger partial charge in [-0.2, -0.15) is 22.0 Å². The molecular formula is C12H12ClF6NO2. The number of hydrogen-bond donors (Lipinski definition) is 1. The Bertz CT molecular complexity index is 535. The zero-order valence-electron chi connectivity index (χ0n) is 11.1. The van der Waals surface area contributed by atoms with Crippen LogP contribution in [0.4, 0.5) is 26.3 Å². The first kappa shape index (κ1) is 20.5. The highest BCUT2D eigenvalue weighted by molar-refractivity contribution is 5.85. The number of nitrogens with two attached hydrogens (primary N) is 1. The number of hydrogen-bond acceptors (Lipinski definition) is 3. The number of alkyl halides is 5. The summed E-state index contributed by atoms with van der Waals surface area (Å²) in [4.78, 5) is 11.1. The lowest BCUT2D eigenvalue weighted by Gasteiger charge is -2.24. The molecule has 0 saturated heterocycles. The number of carbonyl (C=O) groups is 1. The second kappa shape index (κ2) is 7.19. The van der Waals surface area contributed by atoms with Gasteiger partial charge in [-0.15, -0.1) is 12.4 Å². The van der Waals surface area contributed by atoms with Crippen molar-refractivity contribution >= 4 is 18.4 Å². The van der Waals surface area contributed by atoms with Gasteiger partial charge in [-0.05, 0) is 19.1 Å². The molecule has 22 heavy (non-hydrogen) atoms. The van der Waals surface area contributed by atoms with Gasteiger partial charge >= 0.3 is 18.1 Å². The van der Waals surface area contributed by atoms with Crippen molar-refractivity contribution in [1.82, 2.24) is 0 Å². The summed E-state index contributed by atoms with van der Waals surface area (Å²) in [6.07, 6.45) is -5.10. The van der Waals surface area contributed by atoms with Crippen molar-refractivity contribution in [2.75, 3.05) is 6.61 Å². The molecule has 126 valence electrons. The normalized spacial score (nSPS) is 13.3. The van der Waals surface area contributed by atoms with Crippen LogP contribution in [0.3, 0.4) is 0 Å². The van der Waals surface area contributed by atoms with Gasteiger partial charge in [0.1, 0.15) is 11.9 Å². The van der Waals surface area contributed by atoms with Gasteiger partial charge in [0, 0.05) is 5.56 Å². The largest absolute Gasteiger partial charge is 0.462 e. The van der Waals surface area contributed by atoms with Crippen LogP contribution >= 0.6 is 12.4 Å². The molecule has 1 atom stereocenters. The van der Waals surface area contributed by atoms with Gasteiger partial charge in [-0.25, -0.2) is 9.18 Å². The minimum atomic E-state index is -5.10. The average Bonchev–Trinajstić information content (AvgIpc) is 2.36. The van der Waals surface area contributed by atoms with Gasteiger partial charge in [-0.1, -0.05) is 6.07 Å². The molecule has 0 radical (unpaired) electrons. The fourth-order valence-corrected chi connectivity index (χ4v) is 1.64. The van der Waals surface area contributed by atoms with E-state index < -0.39 is 47.7 Å². The first-order valence-electron chi connectivity index (χ1n) is 5.69. The van der Waals surface area contributed by atoms with Gasteiger partial charge in [0.2, 0.25) is 0 Å². The zero-order valence-corrected chi connectivity index (χ0v) is 11.9. The van der Waals surface area contributed by atoms with Crippen molar-refractivity contribution in [2.45, 2.75) is 25.1 Å². The molecule has 0 unspecified atom stereocenters. The average molecular weight is 352 g/mol. The van der Waals surface area contributed by atoms with Crippen LogP contribution < -0.4 is 5.73 Å². The summed E-state index contributed by atoms with van der Waals surface area (Å²) >= 11 is 0. The number of esters is 1. The summed E-state index contributed by atoms with van der Waals surface area (Å²) < 4.78 is 83.2. The fraction of sp³-hybridized carbons (Fsp3) is 0.417. The number of halogens is 7. The number of ether oxygens (including phenoxy) is 1. The minimum absolute atomic E-state index is 0. The first-order chi connectivity index (χ1) is 9.53.